The zero-order chi connectivity index (χ0) is 15.4. The molecular formula is C19H21FN2. The van der Waals surface area contributed by atoms with E-state index in [0.29, 0.717) is 12.1 Å². The highest BCUT2D eigenvalue weighted by Gasteiger charge is 2.12. The number of para-hydroxylation sites is 2. The van der Waals surface area contributed by atoms with Crippen LogP contribution in [0.5, 0.6) is 0 Å². The molecule has 0 atom stereocenters. The molecule has 3 aromatic rings. The fourth-order valence-electron chi connectivity index (χ4n) is 2.82. The summed E-state index contributed by atoms with van der Waals surface area (Å²) in [6, 6.07) is 15.1. The number of halogens is 1. The first kappa shape index (κ1) is 14.8. The quantitative estimate of drug-likeness (QED) is 0.588. The number of hydrogen-bond acceptors (Lipinski definition) is 1. The molecule has 0 bridgehead atoms. The molecule has 0 N–H and O–H groups in total. The maximum atomic E-state index is 14.0. The third-order valence-electron chi connectivity index (χ3n) is 4.02. The number of benzene rings is 2. The van der Waals surface area contributed by atoms with Crippen LogP contribution in [-0.2, 0) is 13.0 Å². The summed E-state index contributed by atoms with van der Waals surface area (Å²) in [4.78, 5) is 4.75. The van der Waals surface area contributed by atoms with Gasteiger partial charge in [-0.1, -0.05) is 50.1 Å². The standard InChI is InChI=1S/C19H21FN2/c1-2-3-4-13-19-21-17-11-7-8-12-18(17)22(19)14-15-9-5-6-10-16(15)20/h5-12H,2-4,13-14H2,1H3. The van der Waals surface area contributed by atoms with E-state index in [0.717, 1.165) is 29.7 Å². The van der Waals surface area contributed by atoms with E-state index in [2.05, 4.69) is 17.6 Å². The molecule has 114 valence electrons. The van der Waals surface area contributed by atoms with E-state index < -0.39 is 0 Å². The summed E-state index contributed by atoms with van der Waals surface area (Å²) in [5, 5.41) is 0. The monoisotopic (exact) mass is 296 g/mol. The molecule has 1 aromatic heterocycles. The van der Waals surface area contributed by atoms with Crippen molar-refractivity contribution in [2.24, 2.45) is 0 Å². The smallest absolute Gasteiger partial charge is 0.128 e. The number of rotatable bonds is 6. The fourth-order valence-corrected chi connectivity index (χ4v) is 2.82. The summed E-state index contributed by atoms with van der Waals surface area (Å²) in [6.45, 7) is 2.73. The Kier molecular flexibility index (Phi) is 4.52. The third kappa shape index (κ3) is 3.03. The molecule has 0 spiro atoms. The Bertz CT molecular complexity index is 761. The topological polar surface area (TPSA) is 17.8 Å². The SMILES string of the molecule is CCCCCc1nc2ccccc2n1Cc1ccccc1F. The van der Waals surface area contributed by atoms with E-state index >= 15 is 0 Å². The molecule has 1 heterocycles. The van der Waals surface area contributed by atoms with Gasteiger partial charge in [0.05, 0.1) is 17.6 Å². The lowest BCUT2D eigenvalue weighted by Crippen LogP contribution is -2.07. The van der Waals surface area contributed by atoms with Crippen molar-refractivity contribution < 1.29 is 4.39 Å². The summed E-state index contributed by atoms with van der Waals surface area (Å²) in [6.07, 6.45) is 4.45. The molecule has 0 amide bonds. The van der Waals surface area contributed by atoms with Crippen LogP contribution in [-0.4, -0.2) is 9.55 Å². The van der Waals surface area contributed by atoms with Crippen LogP contribution in [0.25, 0.3) is 11.0 Å². The molecule has 0 fully saturated rings. The van der Waals surface area contributed by atoms with Crippen molar-refractivity contribution in [3.63, 3.8) is 0 Å². The number of imidazole rings is 1. The second kappa shape index (κ2) is 6.73. The minimum Gasteiger partial charge on any atom is -0.323 e. The van der Waals surface area contributed by atoms with Crippen LogP contribution >= 0.6 is 0 Å². The summed E-state index contributed by atoms with van der Waals surface area (Å²) in [5.41, 5.74) is 2.78. The molecule has 2 nitrogen and oxygen atoms in total. The fraction of sp³-hybridized carbons (Fsp3) is 0.316. The van der Waals surface area contributed by atoms with Gasteiger partial charge in [-0.25, -0.2) is 9.37 Å². The van der Waals surface area contributed by atoms with Gasteiger partial charge in [0, 0.05) is 12.0 Å². The molecule has 22 heavy (non-hydrogen) atoms. The lowest BCUT2D eigenvalue weighted by Gasteiger charge is -2.10. The molecule has 0 saturated carbocycles. The number of hydrogen-bond donors (Lipinski definition) is 0. The van der Waals surface area contributed by atoms with Crippen LogP contribution in [0.2, 0.25) is 0 Å². The molecule has 0 unspecified atom stereocenters. The first-order chi connectivity index (χ1) is 10.8. The van der Waals surface area contributed by atoms with Gasteiger partial charge >= 0.3 is 0 Å². The zero-order valence-electron chi connectivity index (χ0n) is 12.9. The van der Waals surface area contributed by atoms with E-state index in [1.54, 1.807) is 6.07 Å². The van der Waals surface area contributed by atoms with Crippen LogP contribution < -0.4 is 0 Å². The van der Waals surface area contributed by atoms with E-state index in [4.69, 9.17) is 4.98 Å². The van der Waals surface area contributed by atoms with Crippen molar-refractivity contribution in [3.05, 3.63) is 65.7 Å². The molecule has 0 aliphatic heterocycles. The Morgan fingerprint density at radius 3 is 2.59 bits per heavy atom. The Hall–Kier alpha value is -2.16. The number of fused-ring (bicyclic) bond motifs is 1. The first-order valence-electron chi connectivity index (χ1n) is 7.97. The third-order valence-corrected chi connectivity index (χ3v) is 4.02. The van der Waals surface area contributed by atoms with Gasteiger partial charge < -0.3 is 4.57 Å². The highest BCUT2D eigenvalue weighted by Crippen LogP contribution is 2.20. The van der Waals surface area contributed by atoms with Gasteiger partial charge in [0.25, 0.3) is 0 Å². The van der Waals surface area contributed by atoms with E-state index in [1.165, 1.54) is 18.9 Å². The van der Waals surface area contributed by atoms with Gasteiger partial charge in [0.15, 0.2) is 0 Å². The maximum absolute atomic E-state index is 14.0. The van der Waals surface area contributed by atoms with E-state index in [1.807, 2.05) is 30.3 Å². The predicted molar refractivity (Wildman–Crippen MR) is 88.5 cm³/mol. The van der Waals surface area contributed by atoms with Gasteiger partial charge in [0.2, 0.25) is 0 Å². The second-order valence-electron chi connectivity index (χ2n) is 5.65. The summed E-state index contributed by atoms with van der Waals surface area (Å²) < 4.78 is 16.1. The van der Waals surface area contributed by atoms with Crippen molar-refractivity contribution in [3.8, 4) is 0 Å². The highest BCUT2D eigenvalue weighted by molar-refractivity contribution is 5.76. The average molecular weight is 296 g/mol. The van der Waals surface area contributed by atoms with Gasteiger partial charge in [0.1, 0.15) is 11.6 Å². The van der Waals surface area contributed by atoms with Gasteiger partial charge in [-0.2, -0.15) is 0 Å². The number of unbranched alkanes of at least 4 members (excludes halogenated alkanes) is 2. The van der Waals surface area contributed by atoms with Gasteiger partial charge in [-0.05, 0) is 24.6 Å². The largest absolute Gasteiger partial charge is 0.323 e. The van der Waals surface area contributed by atoms with Crippen LogP contribution in [0.3, 0.4) is 0 Å². The van der Waals surface area contributed by atoms with Crippen LogP contribution in [0.1, 0.15) is 37.6 Å². The van der Waals surface area contributed by atoms with E-state index in [9.17, 15) is 4.39 Å². The minimum absolute atomic E-state index is 0.153. The van der Waals surface area contributed by atoms with Crippen molar-refractivity contribution >= 4 is 11.0 Å². The molecule has 0 aliphatic rings. The van der Waals surface area contributed by atoms with Crippen LogP contribution in [0.15, 0.2) is 48.5 Å². The Morgan fingerprint density at radius 1 is 1.00 bits per heavy atom. The van der Waals surface area contributed by atoms with Crippen LogP contribution in [0.4, 0.5) is 4.39 Å². The minimum atomic E-state index is -0.153. The first-order valence-corrected chi connectivity index (χ1v) is 7.97. The molecule has 0 radical (unpaired) electrons. The van der Waals surface area contributed by atoms with Crippen LogP contribution in [0, 0.1) is 5.82 Å². The van der Waals surface area contributed by atoms with Crippen molar-refractivity contribution in [1.29, 1.82) is 0 Å². The lowest BCUT2D eigenvalue weighted by molar-refractivity contribution is 0.593. The summed E-state index contributed by atoms with van der Waals surface area (Å²) in [5.74, 6) is 0.901. The summed E-state index contributed by atoms with van der Waals surface area (Å²) in [7, 11) is 0. The highest BCUT2D eigenvalue weighted by atomic mass is 19.1. The number of aromatic nitrogens is 2. The lowest BCUT2D eigenvalue weighted by atomic mass is 10.2. The predicted octanol–water partition coefficient (Wildman–Crippen LogP) is 4.96. The molecule has 0 aliphatic carbocycles. The molecule has 2 aromatic carbocycles. The Balaban J connectivity index is 1.98. The van der Waals surface area contributed by atoms with Gasteiger partial charge in [-0.15, -0.1) is 0 Å². The molecule has 3 rings (SSSR count). The Labute approximate surface area is 130 Å². The molecule has 0 saturated heterocycles. The van der Waals surface area contributed by atoms with Crippen molar-refractivity contribution in [2.45, 2.75) is 39.2 Å². The summed E-state index contributed by atoms with van der Waals surface area (Å²) >= 11 is 0. The zero-order valence-corrected chi connectivity index (χ0v) is 12.9. The van der Waals surface area contributed by atoms with Gasteiger partial charge in [-0.3, -0.25) is 0 Å². The molecular weight excluding hydrogens is 275 g/mol. The maximum Gasteiger partial charge on any atom is 0.128 e. The number of nitrogens with zero attached hydrogens (tertiary/aromatic N) is 2. The number of aryl methyl sites for hydroxylation is 1. The normalized spacial score (nSPS) is 11.2. The second-order valence-corrected chi connectivity index (χ2v) is 5.65. The van der Waals surface area contributed by atoms with Crippen molar-refractivity contribution in [2.75, 3.05) is 0 Å². The Morgan fingerprint density at radius 2 is 1.77 bits per heavy atom. The molecule has 3 heteroatoms. The van der Waals surface area contributed by atoms with E-state index in [-0.39, 0.29) is 5.82 Å². The average Bonchev–Trinajstić information content (AvgIpc) is 2.88. The van der Waals surface area contributed by atoms with Crippen molar-refractivity contribution in [1.82, 2.24) is 9.55 Å².